The number of nitrogens with two attached hydrogens (primary N) is 1. The van der Waals surface area contributed by atoms with E-state index in [0.29, 0.717) is 16.3 Å². The van der Waals surface area contributed by atoms with Crippen LogP contribution in [0.1, 0.15) is 20.8 Å². The van der Waals surface area contributed by atoms with E-state index in [-0.39, 0.29) is 5.91 Å². The van der Waals surface area contributed by atoms with Crippen LogP contribution < -0.4 is 11.1 Å². The number of nitrogens with zero attached hydrogens (tertiary/aromatic N) is 1. The number of benzene rings is 2. The number of anilines is 2. The van der Waals surface area contributed by atoms with Crippen LogP contribution in [-0.2, 0) is 0 Å². The van der Waals surface area contributed by atoms with Gasteiger partial charge in [0.2, 0.25) is 0 Å². The van der Waals surface area contributed by atoms with Crippen molar-refractivity contribution < 1.29 is 4.79 Å². The molecule has 2 heterocycles. The van der Waals surface area contributed by atoms with Crippen molar-refractivity contribution in [1.82, 2.24) is 4.98 Å². The van der Waals surface area contributed by atoms with E-state index >= 15 is 0 Å². The normalized spacial score (nSPS) is 11.2. The van der Waals surface area contributed by atoms with Crippen LogP contribution in [0.2, 0.25) is 0 Å². The second-order valence-electron chi connectivity index (χ2n) is 6.22. The first-order valence-electron chi connectivity index (χ1n) is 8.10. The number of thiophene rings is 1. The Morgan fingerprint density at radius 2 is 1.85 bits per heavy atom. The maximum absolute atomic E-state index is 12.8. The second kappa shape index (κ2) is 6.37. The molecule has 6 heteroatoms. The number of carbonyl (C=O) groups excluding carboxylic acids is 1. The Bertz CT molecular complexity index is 1180. The highest BCUT2D eigenvalue weighted by molar-refractivity contribution is 9.10. The Hall–Kier alpha value is -2.44. The summed E-state index contributed by atoms with van der Waals surface area (Å²) in [7, 11) is 0. The predicted octanol–water partition coefficient (Wildman–Crippen LogP) is 5.66. The maximum Gasteiger partial charge on any atom is 0.267 e. The van der Waals surface area contributed by atoms with Gasteiger partial charge < -0.3 is 11.1 Å². The first-order chi connectivity index (χ1) is 12.5. The lowest BCUT2D eigenvalue weighted by Crippen LogP contribution is -2.12. The van der Waals surface area contributed by atoms with Gasteiger partial charge in [0.15, 0.2) is 0 Å². The largest absolute Gasteiger partial charge is 0.397 e. The maximum atomic E-state index is 12.8. The highest BCUT2D eigenvalue weighted by Crippen LogP contribution is 2.36. The van der Waals surface area contributed by atoms with Gasteiger partial charge in [-0.2, -0.15) is 0 Å². The molecular weight excluding hydrogens is 410 g/mol. The van der Waals surface area contributed by atoms with E-state index in [1.807, 2.05) is 37.3 Å². The van der Waals surface area contributed by atoms with Crippen LogP contribution in [-0.4, -0.2) is 10.9 Å². The molecular formula is C20H16BrN3OS. The van der Waals surface area contributed by atoms with Gasteiger partial charge in [0.05, 0.1) is 16.9 Å². The summed E-state index contributed by atoms with van der Waals surface area (Å²) in [6, 6.07) is 13.7. The fourth-order valence-corrected chi connectivity index (χ4v) is 4.33. The number of para-hydroxylation sites is 1. The molecule has 3 N–H and O–H groups in total. The van der Waals surface area contributed by atoms with Gasteiger partial charge >= 0.3 is 0 Å². The number of nitrogens with one attached hydrogen (secondary N) is 1. The second-order valence-corrected chi connectivity index (χ2v) is 8.07. The van der Waals surface area contributed by atoms with Gasteiger partial charge in [-0.3, -0.25) is 4.79 Å². The fourth-order valence-electron chi connectivity index (χ4n) is 2.97. The van der Waals surface area contributed by atoms with Crippen molar-refractivity contribution >= 4 is 65.7 Å². The summed E-state index contributed by atoms with van der Waals surface area (Å²) < 4.78 is 0.822. The quantitative estimate of drug-likeness (QED) is 0.434. The van der Waals surface area contributed by atoms with Crippen LogP contribution in [0.15, 0.2) is 46.9 Å². The van der Waals surface area contributed by atoms with Crippen LogP contribution in [0, 0.1) is 13.8 Å². The first kappa shape index (κ1) is 17.0. The van der Waals surface area contributed by atoms with E-state index in [0.717, 1.165) is 36.7 Å². The summed E-state index contributed by atoms with van der Waals surface area (Å²) in [5.41, 5.74) is 10.7. The molecule has 0 spiro atoms. The molecule has 0 aliphatic rings. The van der Waals surface area contributed by atoms with Crippen molar-refractivity contribution in [2.24, 2.45) is 0 Å². The molecule has 0 saturated carbocycles. The highest BCUT2D eigenvalue weighted by atomic mass is 79.9. The van der Waals surface area contributed by atoms with Crippen molar-refractivity contribution in [3.05, 3.63) is 62.9 Å². The molecule has 0 fully saturated rings. The third-order valence-electron chi connectivity index (χ3n) is 4.43. The molecule has 1 amide bonds. The SMILES string of the molecule is Cc1ccc(C)c2nc3sc(C(=O)Nc4ccccc4Br)c(N)c3cc12. The molecule has 0 aliphatic heterocycles. The summed E-state index contributed by atoms with van der Waals surface area (Å²) in [4.78, 5) is 18.8. The Balaban J connectivity index is 1.84. The lowest BCUT2D eigenvalue weighted by Gasteiger charge is -2.06. The summed E-state index contributed by atoms with van der Waals surface area (Å²) >= 11 is 4.76. The highest BCUT2D eigenvalue weighted by Gasteiger charge is 2.19. The lowest BCUT2D eigenvalue weighted by molar-refractivity contribution is 0.103. The minimum Gasteiger partial charge on any atom is -0.397 e. The average molecular weight is 426 g/mol. The van der Waals surface area contributed by atoms with Gasteiger partial charge in [0.1, 0.15) is 9.71 Å². The monoisotopic (exact) mass is 425 g/mol. The van der Waals surface area contributed by atoms with Gasteiger partial charge in [-0.25, -0.2) is 4.98 Å². The topological polar surface area (TPSA) is 68.0 Å². The molecule has 2 aromatic carbocycles. The average Bonchev–Trinajstić information content (AvgIpc) is 2.95. The number of rotatable bonds is 2. The Morgan fingerprint density at radius 3 is 2.62 bits per heavy atom. The van der Waals surface area contributed by atoms with Crippen molar-refractivity contribution in [1.29, 1.82) is 0 Å². The Kier molecular flexibility index (Phi) is 4.17. The first-order valence-corrected chi connectivity index (χ1v) is 9.71. The number of amides is 1. The number of carbonyl (C=O) groups is 1. The van der Waals surface area contributed by atoms with Crippen molar-refractivity contribution in [2.75, 3.05) is 11.1 Å². The molecule has 26 heavy (non-hydrogen) atoms. The van der Waals surface area contributed by atoms with E-state index in [9.17, 15) is 4.79 Å². The van der Waals surface area contributed by atoms with Gasteiger partial charge in [-0.15, -0.1) is 11.3 Å². The predicted molar refractivity (Wildman–Crippen MR) is 113 cm³/mol. The molecule has 130 valence electrons. The number of fused-ring (bicyclic) bond motifs is 2. The summed E-state index contributed by atoms with van der Waals surface area (Å²) in [5.74, 6) is -0.227. The van der Waals surface area contributed by atoms with E-state index in [1.54, 1.807) is 0 Å². The zero-order chi connectivity index (χ0) is 18.4. The van der Waals surface area contributed by atoms with E-state index < -0.39 is 0 Å². The van der Waals surface area contributed by atoms with Crippen LogP contribution in [0.4, 0.5) is 11.4 Å². The summed E-state index contributed by atoms with van der Waals surface area (Å²) in [5, 5.41) is 4.81. The summed E-state index contributed by atoms with van der Waals surface area (Å²) in [6.45, 7) is 4.09. The molecule has 0 radical (unpaired) electrons. The number of nitrogen functional groups attached to an aromatic ring is 1. The molecule has 0 atom stereocenters. The molecule has 4 rings (SSSR count). The molecule has 4 aromatic rings. The van der Waals surface area contributed by atoms with Gasteiger partial charge in [-0.05, 0) is 59.1 Å². The zero-order valence-electron chi connectivity index (χ0n) is 14.3. The minimum atomic E-state index is -0.227. The molecule has 0 aliphatic carbocycles. The number of pyridine rings is 1. The molecule has 2 aromatic heterocycles. The van der Waals surface area contributed by atoms with Gasteiger partial charge in [-0.1, -0.05) is 24.3 Å². The third kappa shape index (κ3) is 2.75. The Labute approximate surface area is 163 Å². The number of hydrogen-bond donors (Lipinski definition) is 2. The van der Waals surface area contributed by atoms with Crippen molar-refractivity contribution in [3.63, 3.8) is 0 Å². The van der Waals surface area contributed by atoms with Crippen LogP contribution >= 0.6 is 27.3 Å². The summed E-state index contributed by atoms with van der Waals surface area (Å²) in [6.07, 6.45) is 0. The van der Waals surface area contributed by atoms with Crippen LogP contribution in [0.3, 0.4) is 0 Å². The van der Waals surface area contributed by atoms with E-state index in [1.165, 1.54) is 11.3 Å². The van der Waals surface area contributed by atoms with Crippen LogP contribution in [0.5, 0.6) is 0 Å². The fraction of sp³-hybridized carbons (Fsp3) is 0.100. The third-order valence-corrected chi connectivity index (χ3v) is 6.24. The van der Waals surface area contributed by atoms with E-state index in [4.69, 9.17) is 10.7 Å². The van der Waals surface area contributed by atoms with Crippen molar-refractivity contribution in [3.8, 4) is 0 Å². The number of aryl methyl sites for hydroxylation is 2. The van der Waals surface area contributed by atoms with Crippen LogP contribution in [0.25, 0.3) is 21.1 Å². The number of hydrogen-bond acceptors (Lipinski definition) is 4. The standard InChI is InChI=1S/C20H16BrN3OS/c1-10-7-8-11(2)17-12(10)9-13-16(22)18(26-20(13)24-17)19(25)23-15-6-4-3-5-14(15)21/h3-9H,22H2,1-2H3,(H,23,25). The van der Waals surface area contributed by atoms with Crippen molar-refractivity contribution in [2.45, 2.75) is 13.8 Å². The zero-order valence-corrected chi connectivity index (χ0v) is 16.7. The molecule has 0 saturated heterocycles. The smallest absolute Gasteiger partial charge is 0.267 e. The Morgan fingerprint density at radius 1 is 1.12 bits per heavy atom. The molecule has 0 bridgehead atoms. The van der Waals surface area contributed by atoms with E-state index in [2.05, 4.69) is 40.3 Å². The molecule has 0 unspecified atom stereocenters. The van der Waals surface area contributed by atoms with Gasteiger partial charge in [0.25, 0.3) is 5.91 Å². The number of halogens is 1. The van der Waals surface area contributed by atoms with Gasteiger partial charge in [0, 0.05) is 15.2 Å². The minimum absolute atomic E-state index is 0.227. The number of aromatic nitrogens is 1. The lowest BCUT2D eigenvalue weighted by atomic mass is 10.0. The molecule has 4 nitrogen and oxygen atoms in total.